The summed E-state index contributed by atoms with van der Waals surface area (Å²) in [5.74, 6) is 0.782. The first-order valence-electron chi connectivity index (χ1n) is 5.29. The van der Waals surface area contributed by atoms with Crippen LogP contribution in [0, 0.1) is 12.3 Å². The summed E-state index contributed by atoms with van der Waals surface area (Å²) in [6.07, 6.45) is 0. The lowest BCUT2D eigenvalue weighted by molar-refractivity contribution is -0.145. The molecule has 2 nitrogen and oxygen atoms in total. The molecule has 0 fully saturated rings. The van der Waals surface area contributed by atoms with Gasteiger partial charge in [0.2, 0.25) is 0 Å². The van der Waals surface area contributed by atoms with Crippen LogP contribution in [-0.2, 0) is 10.5 Å². The Kier molecular flexibility index (Phi) is 4.42. The van der Waals surface area contributed by atoms with E-state index in [0.717, 1.165) is 5.75 Å². The van der Waals surface area contributed by atoms with Crippen LogP contribution in [0.1, 0.15) is 25.0 Å². The third kappa shape index (κ3) is 3.56. The average molecular weight is 238 g/mol. The summed E-state index contributed by atoms with van der Waals surface area (Å²) in [5.41, 5.74) is 1.91. The maximum absolute atomic E-state index is 10.9. The fraction of sp³-hybridized carbons (Fsp3) is 0.462. The number of hydrogen-bond acceptors (Lipinski definition) is 2. The third-order valence-corrected chi connectivity index (χ3v) is 4.00. The van der Waals surface area contributed by atoms with E-state index in [1.54, 1.807) is 25.6 Å². The van der Waals surface area contributed by atoms with Crippen molar-refractivity contribution in [3.8, 4) is 0 Å². The lowest BCUT2D eigenvalue weighted by atomic mass is 9.97. The minimum absolute atomic E-state index is 0.636. The van der Waals surface area contributed by atoms with Crippen molar-refractivity contribution < 1.29 is 9.90 Å². The van der Waals surface area contributed by atoms with E-state index in [4.69, 9.17) is 5.11 Å². The number of benzene rings is 1. The Hall–Kier alpha value is -0.960. The van der Waals surface area contributed by atoms with Crippen molar-refractivity contribution in [2.75, 3.05) is 5.75 Å². The lowest BCUT2D eigenvalue weighted by Crippen LogP contribution is -2.26. The summed E-state index contributed by atoms with van der Waals surface area (Å²) in [5, 5.41) is 8.98. The third-order valence-electron chi connectivity index (χ3n) is 2.56. The van der Waals surface area contributed by atoms with Crippen LogP contribution in [0.15, 0.2) is 24.3 Å². The van der Waals surface area contributed by atoms with Crippen LogP contribution >= 0.6 is 11.8 Å². The zero-order valence-electron chi connectivity index (χ0n) is 9.99. The number of thioether (sulfide) groups is 1. The van der Waals surface area contributed by atoms with Gasteiger partial charge in [-0.05, 0) is 31.9 Å². The van der Waals surface area contributed by atoms with Gasteiger partial charge in [-0.25, -0.2) is 0 Å². The minimum atomic E-state index is -0.732. The highest BCUT2D eigenvalue weighted by Crippen LogP contribution is 2.25. The van der Waals surface area contributed by atoms with Crippen molar-refractivity contribution in [3.05, 3.63) is 35.4 Å². The molecule has 1 aromatic rings. The molecule has 0 saturated carbocycles. The molecular formula is C13H18O2S. The number of aryl methyl sites for hydroxylation is 1. The Bertz CT molecular complexity index is 372. The Balaban J connectivity index is 2.48. The van der Waals surface area contributed by atoms with Crippen LogP contribution in [-0.4, -0.2) is 16.8 Å². The molecule has 0 aliphatic carbocycles. The van der Waals surface area contributed by atoms with E-state index in [1.807, 2.05) is 12.1 Å². The first-order chi connectivity index (χ1) is 7.43. The van der Waals surface area contributed by atoms with Crippen molar-refractivity contribution in [2.45, 2.75) is 26.5 Å². The monoisotopic (exact) mass is 238 g/mol. The molecule has 0 aliphatic rings. The van der Waals surface area contributed by atoms with E-state index in [0.29, 0.717) is 5.75 Å². The van der Waals surface area contributed by atoms with Gasteiger partial charge in [-0.3, -0.25) is 4.79 Å². The maximum atomic E-state index is 10.9. The highest BCUT2D eigenvalue weighted by Gasteiger charge is 2.26. The van der Waals surface area contributed by atoms with Gasteiger partial charge in [-0.15, -0.1) is 0 Å². The Morgan fingerprint density at radius 1 is 1.38 bits per heavy atom. The summed E-state index contributed by atoms with van der Waals surface area (Å²) >= 11 is 1.67. The topological polar surface area (TPSA) is 37.3 Å². The molecular weight excluding hydrogens is 220 g/mol. The van der Waals surface area contributed by atoms with Crippen molar-refractivity contribution in [3.63, 3.8) is 0 Å². The second-order valence-electron chi connectivity index (χ2n) is 4.61. The zero-order chi connectivity index (χ0) is 12.2. The number of hydrogen-bond donors (Lipinski definition) is 1. The fourth-order valence-corrected chi connectivity index (χ4v) is 2.53. The van der Waals surface area contributed by atoms with Gasteiger partial charge in [0.25, 0.3) is 0 Å². The van der Waals surface area contributed by atoms with Gasteiger partial charge in [0.1, 0.15) is 0 Å². The van der Waals surface area contributed by atoms with Gasteiger partial charge in [0, 0.05) is 11.5 Å². The largest absolute Gasteiger partial charge is 0.481 e. The van der Waals surface area contributed by atoms with Crippen molar-refractivity contribution in [1.29, 1.82) is 0 Å². The molecule has 0 heterocycles. The number of carboxylic acid groups (broad SMARTS) is 1. The molecule has 0 aromatic heterocycles. The molecule has 0 bridgehead atoms. The van der Waals surface area contributed by atoms with Crippen LogP contribution in [0.4, 0.5) is 0 Å². The van der Waals surface area contributed by atoms with E-state index in [9.17, 15) is 4.79 Å². The van der Waals surface area contributed by atoms with Crippen LogP contribution in [0.5, 0.6) is 0 Å². The smallest absolute Gasteiger partial charge is 0.309 e. The fourth-order valence-electron chi connectivity index (χ4n) is 1.25. The molecule has 0 radical (unpaired) electrons. The lowest BCUT2D eigenvalue weighted by Gasteiger charge is -2.18. The average Bonchev–Trinajstić information content (AvgIpc) is 2.20. The predicted molar refractivity (Wildman–Crippen MR) is 68.8 cm³/mol. The molecule has 0 unspecified atom stereocenters. The van der Waals surface area contributed by atoms with E-state index < -0.39 is 11.4 Å². The Morgan fingerprint density at radius 2 is 2.00 bits per heavy atom. The first kappa shape index (κ1) is 13.1. The molecule has 1 N–H and O–H groups in total. The van der Waals surface area contributed by atoms with E-state index in [1.165, 1.54) is 11.1 Å². The maximum Gasteiger partial charge on any atom is 0.309 e. The second kappa shape index (κ2) is 5.39. The van der Waals surface area contributed by atoms with Gasteiger partial charge in [0.05, 0.1) is 5.41 Å². The number of carboxylic acids is 1. The minimum Gasteiger partial charge on any atom is -0.481 e. The standard InChI is InChI=1S/C13H18O2S/c1-10-6-4-5-7-11(10)8-16-9-13(2,3)12(14)15/h4-7H,8-9H2,1-3H3,(H,14,15). The van der Waals surface area contributed by atoms with Crippen LogP contribution in [0.25, 0.3) is 0 Å². The molecule has 1 aromatic carbocycles. The van der Waals surface area contributed by atoms with Gasteiger partial charge >= 0.3 is 5.97 Å². The van der Waals surface area contributed by atoms with Gasteiger partial charge < -0.3 is 5.11 Å². The van der Waals surface area contributed by atoms with E-state index in [-0.39, 0.29) is 0 Å². The van der Waals surface area contributed by atoms with Crippen LogP contribution in [0.2, 0.25) is 0 Å². The van der Waals surface area contributed by atoms with Crippen LogP contribution in [0.3, 0.4) is 0 Å². The number of carbonyl (C=O) groups is 1. The van der Waals surface area contributed by atoms with Crippen molar-refractivity contribution >= 4 is 17.7 Å². The van der Waals surface area contributed by atoms with Gasteiger partial charge in [0.15, 0.2) is 0 Å². The highest BCUT2D eigenvalue weighted by molar-refractivity contribution is 7.98. The van der Waals surface area contributed by atoms with Crippen LogP contribution < -0.4 is 0 Å². The molecule has 16 heavy (non-hydrogen) atoms. The summed E-state index contributed by atoms with van der Waals surface area (Å²) < 4.78 is 0. The highest BCUT2D eigenvalue weighted by atomic mass is 32.2. The molecule has 1 rings (SSSR count). The summed E-state index contributed by atoms with van der Waals surface area (Å²) in [6, 6.07) is 8.21. The first-order valence-corrected chi connectivity index (χ1v) is 6.44. The predicted octanol–water partition coefficient (Wildman–Crippen LogP) is 3.34. The molecule has 0 aliphatic heterocycles. The zero-order valence-corrected chi connectivity index (χ0v) is 10.8. The van der Waals surface area contributed by atoms with Gasteiger partial charge in [-0.2, -0.15) is 11.8 Å². The van der Waals surface area contributed by atoms with E-state index in [2.05, 4.69) is 19.1 Å². The second-order valence-corrected chi connectivity index (χ2v) is 5.59. The molecule has 0 spiro atoms. The Morgan fingerprint density at radius 3 is 2.56 bits per heavy atom. The molecule has 0 saturated heterocycles. The summed E-state index contributed by atoms with van der Waals surface area (Å²) in [4.78, 5) is 10.9. The quantitative estimate of drug-likeness (QED) is 0.855. The molecule has 0 atom stereocenters. The number of aliphatic carboxylic acids is 1. The van der Waals surface area contributed by atoms with Crippen molar-refractivity contribution in [1.82, 2.24) is 0 Å². The molecule has 3 heteroatoms. The normalized spacial score (nSPS) is 11.4. The molecule has 88 valence electrons. The summed E-state index contributed by atoms with van der Waals surface area (Å²) in [7, 11) is 0. The number of rotatable bonds is 5. The summed E-state index contributed by atoms with van der Waals surface area (Å²) in [6.45, 7) is 5.61. The van der Waals surface area contributed by atoms with Crippen molar-refractivity contribution in [2.24, 2.45) is 5.41 Å². The van der Waals surface area contributed by atoms with Gasteiger partial charge in [-0.1, -0.05) is 24.3 Å². The molecule has 0 amide bonds. The van der Waals surface area contributed by atoms with E-state index >= 15 is 0 Å². The SMILES string of the molecule is Cc1ccccc1CSCC(C)(C)C(=O)O. The Labute approximate surface area is 101 Å².